The van der Waals surface area contributed by atoms with Gasteiger partial charge < -0.3 is 14.7 Å². The van der Waals surface area contributed by atoms with Gasteiger partial charge in [0, 0.05) is 7.05 Å². The fraction of sp³-hybridized carbons (Fsp3) is 0.0909. The molecule has 1 N–H and O–H groups in total. The zero-order chi connectivity index (χ0) is 21.8. The number of carbonyl (C=O) groups is 1. The Bertz CT molecular complexity index is 1160. The molecule has 0 aliphatic heterocycles. The second-order valence-corrected chi connectivity index (χ2v) is 6.30. The van der Waals surface area contributed by atoms with Gasteiger partial charge in [-0.25, -0.2) is 18.0 Å². The summed E-state index contributed by atoms with van der Waals surface area (Å²) >= 11 is 0. The van der Waals surface area contributed by atoms with Crippen molar-refractivity contribution in [3.63, 3.8) is 0 Å². The minimum absolute atomic E-state index is 0.0671. The lowest BCUT2D eigenvalue weighted by atomic mass is 10.0. The van der Waals surface area contributed by atoms with E-state index in [0.29, 0.717) is 11.1 Å². The maximum absolute atomic E-state index is 14.6. The number of aliphatic carboxylic acids is 1. The van der Waals surface area contributed by atoms with E-state index in [4.69, 9.17) is 9.84 Å². The normalized spacial score (nSPS) is 10.4. The Morgan fingerprint density at radius 3 is 2.43 bits per heavy atom. The molecule has 3 rings (SSSR count). The molecule has 0 aliphatic rings. The summed E-state index contributed by atoms with van der Waals surface area (Å²) in [5.74, 6) is -3.41. The molecular weight excluding hydrogens is 397 g/mol. The maximum Gasteiger partial charge on any atom is 0.341 e. The number of nitriles is 1. The molecule has 0 saturated heterocycles. The van der Waals surface area contributed by atoms with E-state index in [2.05, 4.69) is 0 Å². The number of carboxylic acid groups (broad SMARTS) is 1. The Balaban J connectivity index is 2.09. The van der Waals surface area contributed by atoms with Gasteiger partial charge >= 0.3 is 5.97 Å². The summed E-state index contributed by atoms with van der Waals surface area (Å²) in [7, 11) is 1.36. The highest BCUT2D eigenvalue weighted by molar-refractivity contribution is 5.77. The van der Waals surface area contributed by atoms with E-state index in [-0.39, 0.29) is 22.7 Å². The van der Waals surface area contributed by atoms with Crippen LogP contribution in [0.3, 0.4) is 0 Å². The van der Waals surface area contributed by atoms with Crippen LogP contribution in [0.15, 0.2) is 54.6 Å². The van der Waals surface area contributed by atoms with Crippen LogP contribution in [0.4, 0.5) is 24.5 Å². The molecule has 0 aliphatic carbocycles. The molecule has 3 aromatic carbocycles. The minimum atomic E-state index is -1.27. The van der Waals surface area contributed by atoms with E-state index in [1.54, 1.807) is 12.1 Å². The van der Waals surface area contributed by atoms with E-state index in [1.807, 2.05) is 0 Å². The molecule has 0 atom stereocenters. The van der Waals surface area contributed by atoms with Gasteiger partial charge in [0.25, 0.3) is 0 Å². The van der Waals surface area contributed by atoms with Crippen LogP contribution in [-0.4, -0.2) is 24.7 Å². The SMILES string of the molecule is CN(c1cc(-c2cccc(F)c2)ccc1F)c1c(F)ccc(OCC(=O)O)c1C#N. The van der Waals surface area contributed by atoms with Crippen LogP contribution in [0.5, 0.6) is 5.75 Å². The number of hydrogen-bond donors (Lipinski definition) is 1. The van der Waals surface area contributed by atoms with Crippen molar-refractivity contribution >= 4 is 17.3 Å². The molecule has 0 unspecified atom stereocenters. The van der Waals surface area contributed by atoms with Gasteiger partial charge in [-0.05, 0) is 47.5 Å². The molecule has 0 bridgehead atoms. The van der Waals surface area contributed by atoms with Gasteiger partial charge in [-0.15, -0.1) is 0 Å². The molecule has 0 amide bonds. The third-order valence-corrected chi connectivity index (χ3v) is 4.35. The molecule has 5 nitrogen and oxygen atoms in total. The molecule has 3 aromatic rings. The van der Waals surface area contributed by atoms with Crippen LogP contribution < -0.4 is 9.64 Å². The van der Waals surface area contributed by atoms with Crippen molar-refractivity contribution in [1.82, 2.24) is 0 Å². The van der Waals surface area contributed by atoms with Gasteiger partial charge in [0.2, 0.25) is 0 Å². The van der Waals surface area contributed by atoms with Gasteiger partial charge in [0.15, 0.2) is 6.61 Å². The summed E-state index contributed by atoms with van der Waals surface area (Å²) in [5.41, 5.74) is 0.339. The second kappa shape index (κ2) is 8.57. The lowest BCUT2D eigenvalue weighted by Crippen LogP contribution is -2.16. The zero-order valence-corrected chi connectivity index (χ0v) is 15.7. The highest BCUT2D eigenvalue weighted by Gasteiger charge is 2.22. The summed E-state index contributed by atoms with van der Waals surface area (Å²) < 4.78 is 47.8. The van der Waals surface area contributed by atoms with Crippen molar-refractivity contribution in [3.8, 4) is 22.9 Å². The molecule has 0 heterocycles. The van der Waals surface area contributed by atoms with Crippen molar-refractivity contribution in [2.45, 2.75) is 0 Å². The van der Waals surface area contributed by atoms with Crippen molar-refractivity contribution < 1.29 is 27.8 Å². The van der Waals surface area contributed by atoms with Gasteiger partial charge in [0.05, 0.1) is 11.4 Å². The molecule has 0 spiro atoms. The van der Waals surface area contributed by atoms with Gasteiger partial charge in [-0.3, -0.25) is 0 Å². The van der Waals surface area contributed by atoms with E-state index >= 15 is 0 Å². The zero-order valence-electron chi connectivity index (χ0n) is 15.7. The van der Waals surface area contributed by atoms with E-state index in [0.717, 1.165) is 23.1 Å². The Morgan fingerprint density at radius 2 is 1.77 bits per heavy atom. The molecule has 8 heteroatoms. The predicted octanol–water partition coefficient (Wildman–Crippen LogP) is 4.87. The lowest BCUT2D eigenvalue weighted by Gasteiger charge is -2.23. The average Bonchev–Trinajstić information content (AvgIpc) is 2.72. The molecule has 0 fully saturated rings. The topological polar surface area (TPSA) is 73.6 Å². The van der Waals surface area contributed by atoms with Crippen LogP contribution in [0.2, 0.25) is 0 Å². The highest BCUT2D eigenvalue weighted by Crippen LogP contribution is 2.37. The quantitative estimate of drug-likeness (QED) is 0.625. The first-order valence-electron chi connectivity index (χ1n) is 8.68. The van der Waals surface area contributed by atoms with Crippen molar-refractivity contribution in [2.75, 3.05) is 18.6 Å². The summed E-state index contributed by atoms with van der Waals surface area (Å²) in [4.78, 5) is 11.9. The number of carboxylic acids is 1. The summed E-state index contributed by atoms with van der Waals surface area (Å²) in [5, 5.41) is 18.3. The average molecular weight is 412 g/mol. The Labute approximate surface area is 170 Å². The largest absolute Gasteiger partial charge is 0.480 e. The standard InChI is InChI=1S/C22H15F3N2O3/c1-27(22-16(11-26)20(8-7-18(22)25)30-12-21(28)29)19-10-14(5-6-17(19)24)13-3-2-4-15(23)9-13/h2-10H,12H2,1H3,(H,28,29). The third kappa shape index (κ3) is 4.20. The Hall–Kier alpha value is -3.99. The first kappa shape index (κ1) is 20.7. The van der Waals surface area contributed by atoms with Crippen molar-refractivity contribution in [2.24, 2.45) is 0 Å². The van der Waals surface area contributed by atoms with Crippen LogP contribution in [0.25, 0.3) is 11.1 Å². The summed E-state index contributed by atoms with van der Waals surface area (Å²) in [6, 6.07) is 13.6. The number of nitrogens with zero attached hydrogens (tertiary/aromatic N) is 2. The van der Waals surface area contributed by atoms with Crippen molar-refractivity contribution in [1.29, 1.82) is 5.26 Å². The Morgan fingerprint density at radius 1 is 1.07 bits per heavy atom. The van der Waals surface area contributed by atoms with Crippen LogP contribution in [-0.2, 0) is 4.79 Å². The van der Waals surface area contributed by atoms with Crippen molar-refractivity contribution in [3.05, 3.63) is 77.6 Å². The number of hydrogen-bond acceptors (Lipinski definition) is 4. The number of halogens is 3. The van der Waals surface area contributed by atoms with Gasteiger partial charge in [-0.1, -0.05) is 18.2 Å². The predicted molar refractivity (Wildman–Crippen MR) is 104 cm³/mol. The molecule has 0 saturated carbocycles. The van der Waals surface area contributed by atoms with Gasteiger partial charge in [-0.2, -0.15) is 5.26 Å². The van der Waals surface area contributed by atoms with E-state index < -0.39 is 30.0 Å². The van der Waals surface area contributed by atoms with Crippen LogP contribution >= 0.6 is 0 Å². The molecule has 30 heavy (non-hydrogen) atoms. The third-order valence-electron chi connectivity index (χ3n) is 4.35. The smallest absolute Gasteiger partial charge is 0.341 e. The molecular formula is C22H15F3N2O3. The molecule has 0 radical (unpaired) electrons. The first-order chi connectivity index (χ1) is 14.3. The van der Waals surface area contributed by atoms with Crippen LogP contribution in [0, 0.1) is 28.8 Å². The fourth-order valence-corrected chi connectivity index (χ4v) is 2.98. The molecule has 0 aromatic heterocycles. The second-order valence-electron chi connectivity index (χ2n) is 6.30. The number of ether oxygens (including phenoxy) is 1. The minimum Gasteiger partial charge on any atom is -0.480 e. The number of rotatable bonds is 6. The lowest BCUT2D eigenvalue weighted by molar-refractivity contribution is -0.139. The number of anilines is 2. The van der Waals surface area contributed by atoms with Crippen LogP contribution in [0.1, 0.15) is 5.56 Å². The first-order valence-corrected chi connectivity index (χ1v) is 8.68. The summed E-state index contributed by atoms with van der Waals surface area (Å²) in [6.45, 7) is -0.729. The number of benzene rings is 3. The summed E-state index contributed by atoms with van der Waals surface area (Å²) in [6.07, 6.45) is 0. The monoisotopic (exact) mass is 412 g/mol. The molecule has 152 valence electrons. The highest BCUT2D eigenvalue weighted by atomic mass is 19.1. The van der Waals surface area contributed by atoms with E-state index in [9.17, 15) is 23.2 Å². The maximum atomic E-state index is 14.6. The van der Waals surface area contributed by atoms with E-state index in [1.165, 1.54) is 37.4 Å². The van der Waals surface area contributed by atoms with Gasteiger partial charge in [0.1, 0.15) is 34.8 Å². The fourth-order valence-electron chi connectivity index (χ4n) is 2.98. The Kier molecular flexibility index (Phi) is 5.93.